The van der Waals surface area contributed by atoms with Crippen LogP contribution in [0.25, 0.3) is 0 Å². The number of nitrogens with zero attached hydrogens (tertiary/aromatic N) is 2. The number of nitrogens with one attached hydrogen (secondary N) is 1. The molecule has 1 fully saturated rings. The van der Waals surface area contributed by atoms with Crippen LogP contribution in [0.5, 0.6) is 5.75 Å². The highest BCUT2D eigenvalue weighted by Gasteiger charge is 2.79. The normalized spacial score (nSPS) is 28.7. The number of para-hydroxylation sites is 2. The highest BCUT2D eigenvalue weighted by molar-refractivity contribution is 9.10. The molecule has 1 saturated heterocycles. The summed E-state index contributed by atoms with van der Waals surface area (Å²) < 4.78 is 7.12. The van der Waals surface area contributed by atoms with Crippen molar-refractivity contribution in [3.05, 3.63) is 104 Å². The van der Waals surface area contributed by atoms with Gasteiger partial charge in [0, 0.05) is 38.8 Å². The van der Waals surface area contributed by atoms with E-state index in [2.05, 4.69) is 21.2 Å². The number of carbonyl (C=O) groups is 1. The maximum absolute atomic E-state index is 14.0. The SMILES string of the molecule is CN1C(=O)[C@]2(NC(=S)[C@]3([N+](=O)[O-])[C@H]2c2ccccc2O[C@H]3c2cccc(Br)c2)c2ccccc21. The maximum Gasteiger partial charge on any atom is 0.321 e. The van der Waals surface area contributed by atoms with E-state index < -0.39 is 23.1 Å². The summed E-state index contributed by atoms with van der Waals surface area (Å²) in [5.41, 5.74) is -0.791. The summed E-state index contributed by atoms with van der Waals surface area (Å²) in [5.74, 6) is -0.717. The number of hydrogen-bond donors (Lipinski definition) is 1. The molecule has 0 unspecified atom stereocenters. The van der Waals surface area contributed by atoms with Gasteiger partial charge in [0.1, 0.15) is 11.7 Å². The Hall–Kier alpha value is -3.30. The molecule has 0 radical (unpaired) electrons. The van der Waals surface area contributed by atoms with Crippen LogP contribution in [-0.2, 0) is 10.3 Å². The molecule has 3 aliphatic heterocycles. The summed E-state index contributed by atoms with van der Waals surface area (Å²) in [6.45, 7) is 0. The number of hydrogen-bond acceptors (Lipinski definition) is 5. The van der Waals surface area contributed by atoms with Crippen molar-refractivity contribution in [2.75, 3.05) is 11.9 Å². The molecule has 6 rings (SSSR count). The van der Waals surface area contributed by atoms with Crippen molar-refractivity contribution in [1.82, 2.24) is 5.32 Å². The molecule has 34 heavy (non-hydrogen) atoms. The van der Waals surface area contributed by atoms with Crippen LogP contribution in [0.1, 0.15) is 28.7 Å². The number of rotatable bonds is 2. The van der Waals surface area contributed by atoms with E-state index in [0.717, 1.165) is 4.47 Å². The molecule has 3 aliphatic rings. The van der Waals surface area contributed by atoms with Crippen LogP contribution in [0.2, 0.25) is 0 Å². The Morgan fingerprint density at radius 2 is 1.85 bits per heavy atom. The third-order valence-corrected chi connectivity index (χ3v) is 8.13. The molecule has 9 heteroatoms. The van der Waals surface area contributed by atoms with E-state index in [1.54, 1.807) is 48.3 Å². The molecule has 3 aromatic rings. The number of halogens is 1. The molecule has 0 saturated carbocycles. The zero-order valence-electron chi connectivity index (χ0n) is 17.9. The zero-order valence-corrected chi connectivity index (χ0v) is 20.3. The van der Waals surface area contributed by atoms with E-state index in [9.17, 15) is 14.9 Å². The Kier molecular flexibility index (Phi) is 4.44. The summed E-state index contributed by atoms with van der Waals surface area (Å²) in [7, 11) is 1.68. The Bertz CT molecular complexity index is 1410. The molecule has 4 atom stereocenters. The molecule has 0 aliphatic carbocycles. The van der Waals surface area contributed by atoms with Crippen molar-refractivity contribution >= 4 is 44.7 Å². The maximum atomic E-state index is 14.0. The van der Waals surface area contributed by atoms with E-state index in [1.165, 1.54) is 0 Å². The molecule has 3 heterocycles. The van der Waals surface area contributed by atoms with Crippen molar-refractivity contribution in [3.63, 3.8) is 0 Å². The molecular weight excluding hydrogens is 518 g/mol. The van der Waals surface area contributed by atoms with Gasteiger partial charge in [-0.2, -0.15) is 0 Å². The van der Waals surface area contributed by atoms with E-state index in [1.807, 2.05) is 36.4 Å². The predicted molar refractivity (Wildman–Crippen MR) is 134 cm³/mol. The number of benzene rings is 3. The summed E-state index contributed by atoms with van der Waals surface area (Å²) in [6, 6.07) is 21.8. The minimum atomic E-state index is -1.90. The first-order valence-corrected chi connectivity index (χ1v) is 11.9. The second-order valence-corrected chi connectivity index (χ2v) is 10.1. The van der Waals surface area contributed by atoms with Crippen LogP contribution >= 0.6 is 28.1 Å². The molecule has 0 bridgehead atoms. The standard InChI is InChI=1S/C25H18BrN3O4S/c1-28-18-11-4-3-10-17(18)24(23(28)30)20-16-9-2-5-12-19(16)33-21(14-7-6-8-15(26)13-14)25(20,29(31)32)22(34)27-24/h2-13,20-21H,1H3,(H,27,34)/t20-,21-,24-,25-/m0/s1. The lowest BCUT2D eigenvalue weighted by molar-refractivity contribution is -0.565. The van der Waals surface area contributed by atoms with Crippen LogP contribution in [0.15, 0.2) is 77.3 Å². The topological polar surface area (TPSA) is 84.7 Å². The van der Waals surface area contributed by atoms with Crippen LogP contribution in [0, 0.1) is 10.1 Å². The quantitative estimate of drug-likeness (QED) is 0.295. The van der Waals surface area contributed by atoms with E-state index in [-0.39, 0.29) is 15.8 Å². The fourth-order valence-electron chi connectivity index (χ4n) is 5.86. The monoisotopic (exact) mass is 535 g/mol. The highest BCUT2D eigenvalue weighted by Crippen LogP contribution is 2.63. The fourth-order valence-corrected chi connectivity index (χ4v) is 6.74. The summed E-state index contributed by atoms with van der Waals surface area (Å²) in [4.78, 5) is 28.3. The van der Waals surface area contributed by atoms with Crippen LogP contribution < -0.4 is 15.0 Å². The van der Waals surface area contributed by atoms with Crippen molar-refractivity contribution < 1.29 is 14.5 Å². The molecule has 1 N–H and O–H groups in total. The lowest BCUT2D eigenvalue weighted by atomic mass is 9.64. The second-order valence-electron chi connectivity index (χ2n) is 8.75. The molecule has 3 aromatic carbocycles. The van der Waals surface area contributed by atoms with Gasteiger partial charge in [0.15, 0.2) is 10.5 Å². The molecule has 1 spiro atoms. The second kappa shape index (κ2) is 7.10. The number of ether oxygens (including phenoxy) is 1. The van der Waals surface area contributed by atoms with E-state index in [4.69, 9.17) is 17.0 Å². The number of likely N-dealkylation sites (N-methyl/N-ethyl adjacent to an activating group) is 1. The van der Waals surface area contributed by atoms with Gasteiger partial charge in [0.25, 0.3) is 5.91 Å². The average molecular weight is 536 g/mol. The summed E-state index contributed by atoms with van der Waals surface area (Å²) >= 11 is 9.23. The van der Waals surface area contributed by atoms with Gasteiger partial charge >= 0.3 is 5.54 Å². The molecule has 0 aromatic heterocycles. The zero-order chi connectivity index (χ0) is 23.8. The largest absolute Gasteiger partial charge is 0.477 e. The Balaban J connectivity index is 1.72. The number of carbonyl (C=O) groups excluding carboxylic acids is 1. The van der Waals surface area contributed by atoms with Gasteiger partial charge in [-0.3, -0.25) is 14.9 Å². The van der Waals surface area contributed by atoms with Crippen molar-refractivity contribution in [3.8, 4) is 5.75 Å². The fraction of sp³-hybridized carbons (Fsp3) is 0.200. The van der Waals surface area contributed by atoms with E-state index >= 15 is 0 Å². The van der Waals surface area contributed by atoms with Crippen LogP contribution in [0.3, 0.4) is 0 Å². The number of anilines is 1. The third kappa shape index (κ3) is 2.40. The van der Waals surface area contributed by atoms with Crippen LogP contribution in [-0.4, -0.2) is 28.4 Å². The molecule has 170 valence electrons. The van der Waals surface area contributed by atoms with Gasteiger partial charge in [-0.1, -0.05) is 76.7 Å². The first kappa shape index (κ1) is 21.2. The first-order chi connectivity index (χ1) is 16.3. The predicted octanol–water partition coefficient (Wildman–Crippen LogP) is 4.48. The molecular formula is C25H18BrN3O4S. The number of thiocarbonyl (C=S) groups is 1. The van der Waals surface area contributed by atoms with E-state index in [0.29, 0.717) is 28.1 Å². The Morgan fingerprint density at radius 1 is 1.12 bits per heavy atom. The number of nitro groups is 1. The highest BCUT2D eigenvalue weighted by atomic mass is 79.9. The minimum absolute atomic E-state index is 0.0135. The van der Waals surface area contributed by atoms with Crippen molar-refractivity contribution in [2.24, 2.45) is 0 Å². The van der Waals surface area contributed by atoms with Gasteiger partial charge in [0.2, 0.25) is 6.10 Å². The van der Waals surface area contributed by atoms with Gasteiger partial charge in [0.05, 0.1) is 0 Å². The third-order valence-electron chi connectivity index (χ3n) is 7.21. The van der Waals surface area contributed by atoms with Crippen molar-refractivity contribution in [1.29, 1.82) is 0 Å². The smallest absolute Gasteiger partial charge is 0.321 e. The van der Waals surface area contributed by atoms with Crippen LogP contribution in [0.4, 0.5) is 5.69 Å². The summed E-state index contributed by atoms with van der Waals surface area (Å²) in [6.07, 6.45) is -1.05. The first-order valence-electron chi connectivity index (χ1n) is 10.7. The van der Waals surface area contributed by atoms with Gasteiger partial charge in [-0.25, -0.2) is 0 Å². The Morgan fingerprint density at radius 3 is 2.62 bits per heavy atom. The van der Waals surface area contributed by atoms with Gasteiger partial charge < -0.3 is 15.0 Å². The molecule has 1 amide bonds. The lowest BCUT2D eigenvalue weighted by Gasteiger charge is -2.42. The van der Waals surface area contributed by atoms with Gasteiger partial charge in [-0.15, -0.1) is 0 Å². The average Bonchev–Trinajstić information content (AvgIpc) is 3.24. The number of fused-ring (bicyclic) bond motifs is 6. The molecule has 7 nitrogen and oxygen atoms in total. The minimum Gasteiger partial charge on any atom is -0.477 e. The lowest BCUT2D eigenvalue weighted by Crippen LogP contribution is -2.58. The Labute approximate surface area is 209 Å². The van der Waals surface area contributed by atoms with Gasteiger partial charge in [-0.05, 0) is 24.3 Å². The summed E-state index contributed by atoms with van der Waals surface area (Å²) in [5, 5.41) is 16.3. The number of amides is 1. The van der Waals surface area contributed by atoms with Crippen molar-refractivity contribution in [2.45, 2.75) is 23.1 Å².